The summed E-state index contributed by atoms with van der Waals surface area (Å²) in [4.78, 5) is 15.4. The lowest BCUT2D eigenvalue weighted by molar-refractivity contribution is -0.142. The Morgan fingerprint density at radius 1 is 1.67 bits per heavy atom. The second-order valence-electron chi connectivity index (χ2n) is 4.67. The van der Waals surface area contributed by atoms with Gasteiger partial charge in [0, 0.05) is 18.0 Å². The number of ether oxygens (including phenoxy) is 1. The zero-order valence-corrected chi connectivity index (χ0v) is 12.0. The van der Waals surface area contributed by atoms with Crippen LogP contribution in [0, 0.1) is 0 Å². The van der Waals surface area contributed by atoms with Crippen LogP contribution in [-0.2, 0) is 14.9 Å². The number of aliphatic carboxylic acids is 1. The van der Waals surface area contributed by atoms with Crippen molar-refractivity contribution in [3.05, 3.63) is 11.1 Å². The molecule has 0 bridgehead atoms. The van der Waals surface area contributed by atoms with E-state index in [2.05, 4.69) is 10.3 Å². The van der Waals surface area contributed by atoms with Crippen molar-refractivity contribution in [1.82, 2.24) is 4.98 Å². The van der Waals surface area contributed by atoms with Gasteiger partial charge in [-0.2, -0.15) is 0 Å². The van der Waals surface area contributed by atoms with Gasteiger partial charge in [-0.25, -0.2) is 4.98 Å². The number of rotatable bonds is 7. The molecule has 5 nitrogen and oxygen atoms in total. The summed E-state index contributed by atoms with van der Waals surface area (Å²) < 4.78 is 5.30. The van der Waals surface area contributed by atoms with Crippen LogP contribution in [-0.4, -0.2) is 35.3 Å². The highest BCUT2D eigenvalue weighted by Crippen LogP contribution is 2.27. The molecule has 1 aromatic heterocycles. The van der Waals surface area contributed by atoms with Gasteiger partial charge in [-0.05, 0) is 27.7 Å². The van der Waals surface area contributed by atoms with Gasteiger partial charge >= 0.3 is 5.97 Å². The SMILES string of the molecule is CCOCC(C)Nc1nc(C(C)(C)C(=O)O)cs1. The molecule has 0 radical (unpaired) electrons. The average Bonchev–Trinajstić information content (AvgIpc) is 2.75. The van der Waals surface area contributed by atoms with Gasteiger partial charge in [-0.1, -0.05) is 0 Å². The minimum absolute atomic E-state index is 0.150. The Balaban J connectivity index is 2.66. The van der Waals surface area contributed by atoms with Crippen LogP contribution in [0.2, 0.25) is 0 Å². The molecule has 0 spiro atoms. The first-order valence-electron chi connectivity index (χ1n) is 5.91. The van der Waals surface area contributed by atoms with Crippen molar-refractivity contribution in [1.29, 1.82) is 0 Å². The van der Waals surface area contributed by atoms with Crippen molar-refractivity contribution in [2.45, 2.75) is 39.2 Å². The lowest BCUT2D eigenvalue weighted by Gasteiger charge is -2.16. The number of nitrogens with one attached hydrogen (secondary N) is 1. The number of aromatic nitrogens is 1. The monoisotopic (exact) mass is 272 g/mol. The van der Waals surface area contributed by atoms with Crippen LogP contribution in [0.5, 0.6) is 0 Å². The van der Waals surface area contributed by atoms with E-state index in [9.17, 15) is 4.79 Å². The van der Waals surface area contributed by atoms with Gasteiger partial charge in [-0.3, -0.25) is 4.79 Å². The van der Waals surface area contributed by atoms with Crippen molar-refractivity contribution in [3.63, 3.8) is 0 Å². The number of carboxylic acids is 1. The fourth-order valence-corrected chi connectivity index (χ4v) is 2.27. The third kappa shape index (κ3) is 3.68. The van der Waals surface area contributed by atoms with Gasteiger partial charge in [0.1, 0.15) is 5.41 Å². The van der Waals surface area contributed by atoms with Crippen molar-refractivity contribution >= 4 is 22.4 Å². The fourth-order valence-electron chi connectivity index (χ4n) is 1.28. The Morgan fingerprint density at radius 2 is 2.33 bits per heavy atom. The number of hydrogen-bond acceptors (Lipinski definition) is 5. The first-order valence-corrected chi connectivity index (χ1v) is 6.79. The van der Waals surface area contributed by atoms with E-state index >= 15 is 0 Å². The van der Waals surface area contributed by atoms with Crippen LogP contribution in [0.25, 0.3) is 0 Å². The van der Waals surface area contributed by atoms with Crippen molar-refractivity contribution in [2.75, 3.05) is 18.5 Å². The molecule has 0 aliphatic heterocycles. The Kier molecular flexibility index (Phi) is 5.10. The lowest BCUT2D eigenvalue weighted by Crippen LogP contribution is -2.29. The Labute approximate surface area is 111 Å². The van der Waals surface area contributed by atoms with E-state index in [0.717, 1.165) is 5.13 Å². The van der Waals surface area contributed by atoms with E-state index in [4.69, 9.17) is 9.84 Å². The van der Waals surface area contributed by atoms with Crippen LogP contribution in [0.15, 0.2) is 5.38 Å². The molecule has 18 heavy (non-hydrogen) atoms. The molecule has 102 valence electrons. The molecule has 1 aromatic rings. The van der Waals surface area contributed by atoms with Gasteiger partial charge in [0.15, 0.2) is 5.13 Å². The largest absolute Gasteiger partial charge is 0.481 e. The average molecular weight is 272 g/mol. The number of carboxylic acid groups (broad SMARTS) is 1. The smallest absolute Gasteiger partial charge is 0.315 e. The molecular weight excluding hydrogens is 252 g/mol. The normalized spacial score (nSPS) is 13.3. The molecule has 0 aliphatic rings. The molecule has 1 rings (SSSR count). The third-order valence-corrected chi connectivity index (χ3v) is 3.39. The highest BCUT2D eigenvalue weighted by Gasteiger charge is 2.32. The Morgan fingerprint density at radius 3 is 2.89 bits per heavy atom. The van der Waals surface area contributed by atoms with Crippen LogP contribution in [0.4, 0.5) is 5.13 Å². The molecule has 1 atom stereocenters. The molecule has 0 aromatic carbocycles. The van der Waals surface area contributed by atoms with E-state index in [-0.39, 0.29) is 6.04 Å². The Bertz CT molecular complexity index is 404. The maximum Gasteiger partial charge on any atom is 0.315 e. The Hall–Kier alpha value is -1.14. The maximum atomic E-state index is 11.1. The minimum atomic E-state index is -0.959. The van der Waals surface area contributed by atoms with Gasteiger partial charge in [0.05, 0.1) is 12.3 Å². The molecule has 1 unspecified atom stereocenters. The number of nitrogens with zero attached hydrogens (tertiary/aromatic N) is 1. The summed E-state index contributed by atoms with van der Waals surface area (Å²) in [5.41, 5.74) is -0.384. The zero-order chi connectivity index (χ0) is 13.8. The number of carbonyl (C=O) groups is 1. The zero-order valence-electron chi connectivity index (χ0n) is 11.2. The number of hydrogen-bond donors (Lipinski definition) is 2. The maximum absolute atomic E-state index is 11.1. The lowest BCUT2D eigenvalue weighted by atomic mass is 9.90. The van der Waals surface area contributed by atoms with Gasteiger partial charge < -0.3 is 15.2 Å². The summed E-state index contributed by atoms with van der Waals surface area (Å²) in [7, 11) is 0. The van der Waals surface area contributed by atoms with E-state index in [1.807, 2.05) is 13.8 Å². The molecule has 1 heterocycles. The van der Waals surface area contributed by atoms with E-state index in [1.165, 1.54) is 11.3 Å². The standard InChI is InChI=1S/C12H20N2O3S/c1-5-17-6-8(2)13-11-14-9(7-18-11)12(3,4)10(15)16/h7-8H,5-6H2,1-4H3,(H,13,14)(H,15,16). The summed E-state index contributed by atoms with van der Waals surface area (Å²) in [6, 6.07) is 0.150. The van der Waals surface area contributed by atoms with E-state index < -0.39 is 11.4 Å². The van der Waals surface area contributed by atoms with Crippen LogP contribution >= 0.6 is 11.3 Å². The quantitative estimate of drug-likeness (QED) is 0.797. The molecule has 0 aliphatic carbocycles. The first-order chi connectivity index (χ1) is 8.37. The summed E-state index contributed by atoms with van der Waals surface area (Å²) in [5.74, 6) is -0.873. The molecule has 0 amide bonds. The van der Waals surface area contributed by atoms with Crippen molar-refractivity contribution in [3.8, 4) is 0 Å². The highest BCUT2D eigenvalue weighted by molar-refractivity contribution is 7.13. The van der Waals surface area contributed by atoms with E-state index in [1.54, 1.807) is 19.2 Å². The predicted molar refractivity (Wildman–Crippen MR) is 72.4 cm³/mol. The highest BCUT2D eigenvalue weighted by atomic mass is 32.1. The third-order valence-electron chi connectivity index (χ3n) is 2.62. The molecule has 2 N–H and O–H groups in total. The van der Waals surface area contributed by atoms with Gasteiger partial charge in [0.25, 0.3) is 0 Å². The molecule has 0 saturated heterocycles. The number of thiazole rings is 1. The molecule has 6 heteroatoms. The van der Waals surface area contributed by atoms with Crippen LogP contribution < -0.4 is 5.32 Å². The van der Waals surface area contributed by atoms with Gasteiger partial charge in [-0.15, -0.1) is 11.3 Å². The minimum Gasteiger partial charge on any atom is -0.481 e. The van der Waals surface area contributed by atoms with Crippen molar-refractivity contribution in [2.24, 2.45) is 0 Å². The fraction of sp³-hybridized carbons (Fsp3) is 0.667. The first kappa shape index (κ1) is 14.9. The van der Waals surface area contributed by atoms with E-state index in [0.29, 0.717) is 18.9 Å². The second-order valence-corrected chi connectivity index (χ2v) is 5.53. The summed E-state index contributed by atoms with van der Waals surface area (Å²) in [6.07, 6.45) is 0. The van der Waals surface area contributed by atoms with Crippen molar-refractivity contribution < 1.29 is 14.6 Å². The van der Waals surface area contributed by atoms with Gasteiger partial charge in [0.2, 0.25) is 0 Å². The molecule has 0 fully saturated rings. The summed E-state index contributed by atoms with van der Waals surface area (Å²) >= 11 is 1.41. The second kappa shape index (κ2) is 6.15. The van der Waals surface area contributed by atoms with Crippen LogP contribution in [0.3, 0.4) is 0 Å². The topological polar surface area (TPSA) is 71.5 Å². The molecular formula is C12H20N2O3S. The molecule has 0 saturated carbocycles. The summed E-state index contributed by atoms with van der Waals surface area (Å²) in [6.45, 7) is 8.53. The number of anilines is 1. The predicted octanol–water partition coefficient (Wildman–Crippen LogP) is 2.34. The summed E-state index contributed by atoms with van der Waals surface area (Å²) in [5, 5.41) is 14.8. The van der Waals surface area contributed by atoms with Crippen LogP contribution in [0.1, 0.15) is 33.4 Å².